The molecular formula is C16H19N3O. The van der Waals surface area contributed by atoms with Gasteiger partial charge in [-0.1, -0.05) is 25.1 Å². The van der Waals surface area contributed by atoms with E-state index in [9.17, 15) is 4.79 Å². The van der Waals surface area contributed by atoms with Crippen LogP contribution in [0.5, 0.6) is 0 Å². The molecule has 104 valence electrons. The molecule has 0 radical (unpaired) electrons. The number of urea groups is 1. The van der Waals surface area contributed by atoms with Crippen molar-refractivity contribution in [2.45, 2.75) is 19.8 Å². The van der Waals surface area contributed by atoms with Gasteiger partial charge in [0.15, 0.2) is 0 Å². The van der Waals surface area contributed by atoms with Gasteiger partial charge >= 0.3 is 6.03 Å². The summed E-state index contributed by atoms with van der Waals surface area (Å²) >= 11 is 0. The standard InChI is InChI=1S/C16H19N3O/c1-2-13-6-5-8-15(12-13)19-16(20)18-11-9-14-7-3-4-10-17-14/h3-8,10,12H,2,9,11H2,1H3,(H2,18,19,20). The molecule has 2 N–H and O–H groups in total. The van der Waals surface area contributed by atoms with E-state index in [1.807, 2.05) is 42.5 Å². The van der Waals surface area contributed by atoms with E-state index in [0.717, 1.165) is 24.2 Å². The molecule has 0 atom stereocenters. The predicted molar refractivity (Wildman–Crippen MR) is 80.8 cm³/mol. The molecule has 0 fully saturated rings. The number of anilines is 1. The third-order valence-electron chi connectivity index (χ3n) is 2.99. The summed E-state index contributed by atoms with van der Waals surface area (Å²) in [7, 11) is 0. The van der Waals surface area contributed by atoms with Crippen LogP contribution in [-0.2, 0) is 12.8 Å². The largest absolute Gasteiger partial charge is 0.337 e. The van der Waals surface area contributed by atoms with Crippen molar-refractivity contribution in [2.24, 2.45) is 0 Å². The zero-order valence-electron chi connectivity index (χ0n) is 11.6. The van der Waals surface area contributed by atoms with E-state index >= 15 is 0 Å². The number of hydrogen-bond acceptors (Lipinski definition) is 2. The minimum atomic E-state index is -0.186. The van der Waals surface area contributed by atoms with E-state index in [2.05, 4.69) is 22.5 Å². The van der Waals surface area contributed by atoms with Gasteiger partial charge in [0.1, 0.15) is 0 Å². The number of benzene rings is 1. The van der Waals surface area contributed by atoms with Gasteiger partial charge in [0.2, 0.25) is 0 Å². The topological polar surface area (TPSA) is 54.0 Å². The Kier molecular flexibility index (Phi) is 5.12. The maximum absolute atomic E-state index is 11.8. The van der Waals surface area contributed by atoms with Crippen LogP contribution < -0.4 is 10.6 Å². The van der Waals surface area contributed by atoms with Gasteiger partial charge in [-0.3, -0.25) is 4.98 Å². The van der Waals surface area contributed by atoms with Crippen LogP contribution in [0.1, 0.15) is 18.2 Å². The fraction of sp³-hybridized carbons (Fsp3) is 0.250. The van der Waals surface area contributed by atoms with Crippen LogP contribution in [0, 0.1) is 0 Å². The van der Waals surface area contributed by atoms with E-state index in [0.29, 0.717) is 6.54 Å². The average molecular weight is 269 g/mol. The summed E-state index contributed by atoms with van der Waals surface area (Å²) in [5.41, 5.74) is 3.00. The molecule has 1 heterocycles. The quantitative estimate of drug-likeness (QED) is 0.876. The molecule has 0 spiro atoms. The molecule has 0 aliphatic carbocycles. The predicted octanol–water partition coefficient (Wildman–Crippen LogP) is 3.01. The fourth-order valence-corrected chi connectivity index (χ4v) is 1.89. The highest BCUT2D eigenvalue weighted by Gasteiger charge is 2.02. The molecule has 2 aromatic rings. The average Bonchev–Trinajstić information content (AvgIpc) is 2.48. The highest BCUT2D eigenvalue weighted by Crippen LogP contribution is 2.10. The maximum atomic E-state index is 11.8. The van der Waals surface area contributed by atoms with Crippen molar-refractivity contribution in [1.82, 2.24) is 10.3 Å². The molecule has 0 bridgehead atoms. The van der Waals surface area contributed by atoms with Crippen LogP contribution >= 0.6 is 0 Å². The molecule has 1 aromatic heterocycles. The van der Waals surface area contributed by atoms with Crippen molar-refractivity contribution in [3.05, 3.63) is 59.9 Å². The number of hydrogen-bond donors (Lipinski definition) is 2. The molecule has 0 aliphatic rings. The molecule has 0 saturated carbocycles. The molecule has 2 amide bonds. The monoisotopic (exact) mass is 269 g/mol. The lowest BCUT2D eigenvalue weighted by Gasteiger charge is -2.08. The van der Waals surface area contributed by atoms with Crippen molar-refractivity contribution in [1.29, 1.82) is 0 Å². The highest BCUT2D eigenvalue weighted by atomic mass is 16.2. The molecular weight excluding hydrogens is 250 g/mol. The Morgan fingerprint density at radius 2 is 2.10 bits per heavy atom. The van der Waals surface area contributed by atoms with Crippen molar-refractivity contribution in [3.8, 4) is 0 Å². The lowest BCUT2D eigenvalue weighted by molar-refractivity contribution is 0.252. The lowest BCUT2D eigenvalue weighted by atomic mass is 10.1. The summed E-state index contributed by atoms with van der Waals surface area (Å²) in [6.45, 7) is 2.66. The molecule has 20 heavy (non-hydrogen) atoms. The Labute approximate surface area is 119 Å². The van der Waals surface area contributed by atoms with E-state index in [-0.39, 0.29) is 6.03 Å². The first kappa shape index (κ1) is 14.1. The second-order valence-corrected chi connectivity index (χ2v) is 4.51. The van der Waals surface area contributed by atoms with Crippen molar-refractivity contribution in [3.63, 3.8) is 0 Å². The first-order chi connectivity index (χ1) is 9.78. The Morgan fingerprint density at radius 3 is 2.85 bits per heavy atom. The van der Waals surface area contributed by atoms with Crippen LogP contribution in [0.15, 0.2) is 48.7 Å². The van der Waals surface area contributed by atoms with E-state index in [4.69, 9.17) is 0 Å². The highest BCUT2D eigenvalue weighted by molar-refractivity contribution is 5.89. The Bertz CT molecular complexity index is 555. The van der Waals surface area contributed by atoms with Gasteiger partial charge in [-0.15, -0.1) is 0 Å². The Hall–Kier alpha value is -2.36. The smallest absolute Gasteiger partial charge is 0.319 e. The van der Waals surface area contributed by atoms with Gasteiger partial charge in [-0.2, -0.15) is 0 Å². The second kappa shape index (κ2) is 7.28. The van der Waals surface area contributed by atoms with Gasteiger partial charge in [0.25, 0.3) is 0 Å². The molecule has 0 aliphatic heterocycles. The number of carbonyl (C=O) groups is 1. The zero-order chi connectivity index (χ0) is 14.2. The number of aromatic nitrogens is 1. The van der Waals surface area contributed by atoms with Gasteiger partial charge < -0.3 is 10.6 Å². The van der Waals surface area contributed by atoms with Crippen molar-refractivity contribution in [2.75, 3.05) is 11.9 Å². The summed E-state index contributed by atoms with van der Waals surface area (Å²) in [5.74, 6) is 0. The third-order valence-corrected chi connectivity index (χ3v) is 2.99. The molecule has 0 saturated heterocycles. The minimum absolute atomic E-state index is 0.186. The number of pyridine rings is 1. The van der Waals surface area contributed by atoms with Crippen LogP contribution in [0.4, 0.5) is 10.5 Å². The van der Waals surface area contributed by atoms with E-state index < -0.39 is 0 Å². The molecule has 4 heteroatoms. The van der Waals surface area contributed by atoms with Gasteiger partial charge in [0, 0.05) is 30.5 Å². The van der Waals surface area contributed by atoms with Crippen molar-refractivity contribution >= 4 is 11.7 Å². The number of carbonyl (C=O) groups excluding carboxylic acids is 1. The summed E-state index contributed by atoms with van der Waals surface area (Å²) in [6.07, 6.45) is 3.44. The molecule has 0 unspecified atom stereocenters. The molecule has 2 rings (SSSR count). The van der Waals surface area contributed by atoms with Crippen LogP contribution in [-0.4, -0.2) is 17.6 Å². The molecule has 4 nitrogen and oxygen atoms in total. The Balaban J connectivity index is 1.77. The van der Waals surface area contributed by atoms with Gasteiger partial charge in [0.05, 0.1) is 0 Å². The summed E-state index contributed by atoms with van der Waals surface area (Å²) in [5, 5.41) is 5.66. The summed E-state index contributed by atoms with van der Waals surface area (Å²) < 4.78 is 0. The zero-order valence-corrected chi connectivity index (χ0v) is 11.6. The van der Waals surface area contributed by atoms with Gasteiger partial charge in [-0.05, 0) is 36.2 Å². The second-order valence-electron chi connectivity index (χ2n) is 4.51. The SMILES string of the molecule is CCc1cccc(NC(=O)NCCc2ccccn2)c1. The Morgan fingerprint density at radius 1 is 1.20 bits per heavy atom. The first-order valence-electron chi connectivity index (χ1n) is 6.81. The van der Waals surface area contributed by atoms with Crippen LogP contribution in [0.25, 0.3) is 0 Å². The fourth-order valence-electron chi connectivity index (χ4n) is 1.89. The van der Waals surface area contributed by atoms with Crippen LogP contribution in [0.3, 0.4) is 0 Å². The minimum Gasteiger partial charge on any atom is -0.337 e. The normalized spacial score (nSPS) is 10.1. The van der Waals surface area contributed by atoms with E-state index in [1.165, 1.54) is 5.56 Å². The number of aryl methyl sites for hydroxylation is 1. The van der Waals surface area contributed by atoms with E-state index in [1.54, 1.807) is 6.20 Å². The lowest BCUT2D eigenvalue weighted by Crippen LogP contribution is -2.30. The summed E-state index contributed by atoms with van der Waals surface area (Å²) in [6, 6.07) is 13.4. The number of nitrogens with one attached hydrogen (secondary N) is 2. The number of amides is 2. The van der Waals surface area contributed by atoms with Gasteiger partial charge in [-0.25, -0.2) is 4.79 Å². The third kappa shape index (κ3) is 4.39. The number of rotatable bonds is 5. The first-order valence-corrected chi connectivity index (χ1v) is 6.81. The van der Waals surface area contributed by atoms with Crippen molar-refractivity contribution < 1.29 is 4.79 Å². The van der Waals surface area contributed by atoms with Crippen LogP contribution in [0.2, 0.25) is 0 Å². The molecule has 1 aromatic carbocycles. The number of nitrogens with zero attached hydrogens (tertiary/aromatic N) is 1. The maximum Gasteiger partial charge on any atom is 0.319 e. The summed E-state index contributed by atoms with van der Waals surface area (Å²) in [4.78, 5) is 16.0.